The minimum Gasteiger partial charge on any atom is -0.103 e. The fourth-order valence-corrected chi connectivity index (χ4v) is 9.42. The Balaban J connectivity index is 1.57. The van der Waals surface area contributed by atoms with Crippen molar-refractivity contribution >= 4 is 0 Å². The molecule has 0 radical (unpaired) electrons. The van der Waals surface area contributed by atoms with E-state index in [2.05, 4.69) is 137 Å². The molecule has 0 heteroatoms. The molecule has 2 fully saturated rings. The zero-order valence-electron chi connectivity index (χ0n) is 25.8. The van der Waals surface area contributed by atoms with Crippen molar-refractivity contribution in [3.63, 3.8) is 0 Å². The Bertz CT molecular complexity index is 1290. The molecule has 7 unspecified atom stereocenters. The number of allylic oxidation sites excluding steroid dienone is 9. The van der Waals surface area contributed by atoms with Crippen molar-refractivity contribution in [1.82, 2.24) is 0 Å². The molecule has 0 nitrogen and oxygen atoms in total. The molecule has 0 spiro atoms. The van der Waals surface area contributed by atoms with Crippen LogP contribution in [0.25, 0.3) is 0 Å². The largest absolute Gasteiger partial charge is 0.103 e. The van der Waals surface area contributed by atoms with Gasteiger partial charge in [0.1, 0.15) is 0 Å². The zero-order valence-corrected chi connectivity index (χ0v) is 25.8. The summed E-state index contributed by atoms with van der Waals surface area (Å²) in [5, 5.41) is 0. The number of hydrogen-bond acceptors (Lipinski definition) is 0. The summed E-state index contributed by atoms with van der Waals surface area (Å²) < 4.78 is 0. The molecule has 0 aromatic heterocycles. The van der Waals surface area contributed by atoms with Crippen LogP contribution in [0.15, 0.2) is 121 Å². The summed E-state index contributed by atoms with van der Waals surface area (Å²) in [6.45, 7) is 13.5. The van der Waals surface area contributed by atoms with Crippen LogP contribution in [-0.2, 0) is 5.41 Å². The Morgan fingerprint density at radius 2 is 1.39 bits per heavy atom. The van der Waals surface area contributed by atoms with Gasteiger partial charge < -0.3 is 0 Å². The number of hydrogen-bond donors (Lipinski definition) is 0. The number of fused-ring (bicyclic) bond motifs is 3. The van der Waals surface area contributed by atoms with Crippen LogP contribution in [0.3, 0.4) is 0 Å². The molecule has 6 rings (SSSR count). The number of unbranched alkanes of at least 4 members (excludes halogenated alkanes) is 1. The van der Waals surface area contributed by atoms with Crippen LogP contribution >= 0.6 is 0 Å². The van der Waals surface area contributed by atoms with Crippen LogP contribution < -0.4 is 0 Å². The van der Waals surface area contributed by atoms with Crippen molar-refractivity contribution in [2.75, 3.05) is 0 Å². The quantitative estimate of drug-likeness (QED) is 0.230. The average molecular weight is 543 g/mol. The molecule has 2 saturated carbocycles. The maximum Gasteiger partial charge on any atom is 0.0270 e. The maximum absolute atomic E-state index is 3.99. The summed E-state index contributed by atoms with van der Waals surface area (Å²) in [4.78, 5) is 0. The molecule has 0 aliphatic heterocycles. The Labute approximate surface area is 250 Å². The van der Waals surface area contributed by atoms with E-state index in [0.29, 0.717) is 35.5 Å². The highest BCUT2D eigenvalue weighted by Crippen LogP contribution is 2.65. The molecule has 2 aromatic carbocycles. The highest BCUT2D eigenvalue weighted by molar-refractivity contribution is 5.47. The minimum atomic E-state index is -0.0370. The summed E-state index contributed by atoms with van der Waals surface area (Å²) in [5.74, 6) is 4.08. The van der Waals surface area contributed by atoms with Crippen LogP contribution in [0.4, 0.5) is 0 Å². The van der Waals surface area contributed by atoms with Gasteiger partial charge in [0.2, 0.25) is 0 Å². The molecule has 0 N–H and O–H groups in total. The molecule has 0 saturated heterocycles. The fourth-order valence-electron chi connectivity index (χ4n) is 9.42. The summed E-state index contributed by atoms with van der Waals surface area (Å²) >= 11 is 0. The maximum atomic E-state index is 3.99. The van der Waals surface area contributed by atoms with Crippen LogP contribution in [0.2, 0.25) is 0 Å². The molecule has 214 valence electrons. The smallest absolute Gasteiger partial charge is 0.0270 e. The van der Waals surface area contributed by atoms with Crippen LogP contribution in [-0.4, -0.2) is 0 Å². The van der Waals surface area contributed by atoms with E-state index in [-0.39, 0.29) is 10.8 Å². The normalized spacial score (nSPS) is 30.9. The molecular formula is C41H50. The first-order valence-electron chi connectivity index (χ1n) is 16.3. The molecule has 0 heterocycles. The molecule has 7 atom stereocenters. The number of benzene rings is 2. The molecule has 4 aliphatic rings. The van der Waals surface area contributed by atoms with E-state index in [9.17, 15) is 0 Å². The van der Waals surface area contributed by atoms with Crippen molar-refractivity contribution in [2.45, 2.75) is 71.6 Å². The van der Waals surface area contributed by atoms with Gasteiger partial charge in [-0.2, -0.15) is 0 Å². The summed E-state index contributed by atoms with van der Waals surface area (Å²) in [6.07, 6.45) is 25.3. The zero-order chi connectivity index (χ0) is 28.6. The van der Waals surface area contributed by atoms with Gasteiger partial charge in [0, 0.05) is 5.41 Å². The second-order valence-corrected chi connectivity index (χ2v) is 14.5. The third kappa shape index (κ3) is 5.07. The number of rotatable bonds is 8. The van der Waals surface area contributed by atoms with Gasteiger partial charge in [-0.05, 0) is 96.1 Å². The lowest BCUT2D eigenvalue weighted by molar-refractivity contribution is 0.154. The highest BCUT2D eigenvalue weighted by Gasteiger charge is 2.60. The lowest BCUT2D eigenvalue weighted by Gasteiger charge is -2.50. The van der Waals surface area contributed by atoms with Gasteiger partial charge in [-0.25, -0.2) is 0 Å². The van der Waals surface area contributed by atoms with E-state index >= 15 is 0 Å². The van der Waals surface area contributed by atoms with E-state index in [4.69, 9.17) is 0 Å². The van der Waals surface area contributed by atoms with Crippen LogP contribution in [0.1, 0.15) is 77.3 Å². The van der Waals surface area contributed by atoms with Gasteiger partial charge in [-0.3, -0.25) is 0 Å². The summed E-state index contributed by atoms with van der Waals surface area (Å²) in [6, 6.07) is 23.5. The lowest BCUT2D eigenvalue weighted by Crippen LogP contribution is -2.47. The molecular weight excluding hydrogens is 492 g/mol. The fraction of sp³-hybridized carbons (Fsp3) is 0.463. The Kier molecular flexibility index (Phi) is 7.88. The van der Waals surface area contributed by atoms with Crippen molar-refractivity contribution in [1.29, 1.82) is 0 Å². The monoisotopic (exact) mass is 542 g/mol. The van der Waals surface area contributed by atoms with Gasteiger partial charge in [-0.15, -0.1) is 6.58 Å². The predicted octanol–water partition coefficient (Wildman–Crippen LogP) is 10.9. The summed E-state index contributed by atoms with van der Waals surface area (Å²) in [5.41, 5.74) is 6.12. The molecule has 41 heavy (non-hydrogen) atoms. The first-order chi connectivity index (χ1) is 19.8. The standard InChI is InChI=1S/C41H50/c1-6-7-10-15-30-21-22-34(27-30)41(31-16-11-8-12-17-31,32-18-13-9-14-19-32)39-37-26-29(2)20-24-35(37)36-25-23-33(28-38(36)39)40(3,4)5/h6,8-9,11-14,16-20,23-26,28,30,34-39H,1,7,10,15,21-22,27H2,2-5H3. The van der Waals surface area contributed by atoms with Crippen molar-refractivity contribution in [3.8, 4) is 0 Å². The summed E-state index contributed by atoms with van der Waals surface area (Å²) in [7, 11) is 0. The Morgan fingerprint density at radius 1 is 0.780 bits per heavy atom. The van der Waals surface area contributed by atoms with Gasteiger partial charge in [-0.1, -0.05) is 142 Å². The molecule has 0 bridgehead atoms. The van der Waals surface area contributed by atoms with E-state index in [1.165, 1.54) is 54.4 Å². The van der Waals surface area contributed by atoms with E-state index in [0.717, 1.165) is 12.3 Å². The Morgan fingerprint density at radius 3 is 2.00 bits per heavy atom. The van der Waals surface area contributed by atoms with Gasteiger partial charge in [0.05, 0.1) is 0 Å². The van der Waals surface area contributed by atoms with E-state index in [1.807, 2.05) is 0 Å². The third-order valence-electron chi connectivity index (χ3n) is 11.2. The third-order valence-corrected chi connectivity index (χ3v) is 11.2. The second-order valence-electron chi connectivity index (χ2n) is 14.5. The van der Waals surface area contributed by atoms with Gasteiger partial charge >= 0.3 is 0 Å². The average Bonchev–Trinajstić information content (AvgIpc) is 3.57. The molecule has 0 amide bonds. The van der Waals surface area contributed by atoms with E-state index < -0.39 is 0 Å². The second kappa shape index (κ2) is 11.4. The minimum absolute atomic E-state index is 0.0370. The predicted molar refractivity (Wildman–Crippen MR) is 176 cm³/mol. The van der Waals surface area contributed by atoms with Crippen molar-refractivity contribution in [2.24, 2.45) is 46.8 Å². The van der Waals surface area contributed by atoms with Crippen LogP contribution in [0.5, 0.6) is 0 Å². The van der Waals surface area contributed by atoms with Crippen molar-refractivity contribution < 1.29 is 0 Å². The highest BCUT2D eigenvalue weighted by atomic mass is 14.6. The first kappa shape index (κ1) is 28.3. The van der Waals surface area contributed by atoms with Crippen LogP contribution in [0, 0.1) is 46.8 Å². The topological polar surface area (TPSA) is 0 Å². The Hall–Kier alpha value is -2.86. The van der Waals surface area contributed by atoms with Crippen molar-refractivity contribution in [3.05, 3.63) is 132 Å². The molecule has 4 aliphatic carbocycles. The first-order valence-corrected chi connectivity index (χ1v) is 16.3. The van der Waals surface area contributed by atoms with Gasteiger partial charge in [0.15, 0.2) is 0 Å². The molecule has 2 aromatic rings. The van der Waals surface area contributed by atoms with E-state index in [1.54, 1.807) is 0 Å². The van der Waals surface area contributed by atoms with Gasteiger partial charge in [0.25, 0.3) is 0 Å². The SMILES string of the molecule is C=CCCCC1CCC(C(c2ccccc2)(c2ccccc2)C2C3C=C(C)C=CC3C3C=CC(C(C)(C)C)=CC32)C1. The lowest BCUT2D eigenvalue weighted by atomic mass is 9.53.